The predicted octanol–water partition coefficient (Wildman–Crippen LogP) is 1.73. The maximum atomic E-state index is 12.5. The Balaban J connectivity index is 2.01. The molecule has 5 nitrogen and oxygen atoms in total. The molecule has 2 fully saturated rings. The van der Waals surface area contributed by atoms with Gasteiger partial charge in [-0.15, -0.1) is 0 Å². The van der Waals surface area contributed by atoms with Crippen LogP contribution in [0.3, 0.4) is 0 Å². The van der Waals surface area contributed by atoms with Crippen molar-refractivity contribution in [2.75, 3.05) is 31.9 Å². The molecule has 0 bridgehead atoms. The number of carboxylic acids is 1. The molecule has 6 heteroatoms. The van der Waals surface area contributed by atoms with Crippen molar-refractivity contribution < 1.29 is 14.7 Å². The van der Waals surface area contributed by atoms with E-state index in [1.165, 1.54) is 0 Å². The number of amides is 2. The first-order valence-corrected chi connectivity index (χ1v) is 7.86. The van der Waals surface area contributed by atoms with Crippen LogP contribution in [-0.2, 0) is 4.79 Å². The van der Waals surface area contributed by atoms with Crippen LogP contribution >= 0.6 is 11.8 Å². The topological polar surface area (TPSA) is 60.9 Å². The largest absolute Gasteiger partial charge is 0.481 e. The number of carboxylic acid groups (broad SMARTS) is 1. The molecule has 108 valence electrons. The summed E-state index contributed by atoms with van der Waals surface area (Å²) in [6.07, 6.45) is 1.42. The highest BCUT2D eigenvalue weighted by atomic mass is 32.2. The summed E-state index contributed by atoms with van der Waals surface area (Å²) in [5, 5.41) is 9.76. The summed E-state index contributed by atoms with van der Waals surface area (Å²) in [6.45, 7) is 6.42. The van der Waals surface area contributed by atoms with E-state index in [4.69, 9.17) is 0 Å². The fourth-order valence-corrected chi connectivity index (χ4v) is 3.78. The van der Waals surface area contributed by atoms with Gasteiger partial charge in [0.15, 0.2) is 0 Å². The lowest BCUT2D eigenvalue weighted by molar-refractivity contribution is -0.150. The average Bonchev–Trinajstić information content (AvgIpc) is 2.38. The smallest absolute Gasteiger partial charge is 0.320 e. The van der Waals surface area contributed by atoms with E-state index in [1.807, 2.05) is 16.7 Å². The molecule has 0 saturated carbocycles. The molecule has 2 saturated heterocycles. The third kappa shape index (κ3) is 3.16. The van der Waals surface area contributed by atoms with Crippen LogP contribution < -0.4 is 0 Å². The fraction of sp³-hybridized carbons (Fsp3) is 0.846. The number of carbonyl (C=O) groups excluding carboxylic acids is 1. The zero-order valence-electron chi connectivity index (χ0n) is 11.6. The molecular weight excluding hydrogens is 264 g/mol. The Bertz CT molecular complexity index is 377. The van der Waals surface area contributed by atoms with Crippen LogP contribution in [0.1, 0.15) is 26.7 Å². The minimum atomic E-state index is -0.799. The second-order valence-corrected chi connectivity index (χ2v) is 7.35. The second kappa shape index (κ2) is 5.61. The summed E-state index contributed by atoms with van der Waals surface area (Å²) >= 11 is 1.88. The van der Waals surface area contributed by atoms with Crippen LogP contribution in [-0.4, -0.2) is 64.1 Å². The van der Waals surface area contributed by atoms with E-state index in [0.29, 0.717) is 24.8 Å². The Morgan fingerprint density at radius 3 is 2.68 bits per heavy atom. The number of carbonyl (C=O) groups is 2. The lowest BCUT2D eigenvalue weighted by atomic mass is 9.82. The van der Waals surface area contributed by atoms with E-state index in [9.17, 15) is 14.7 Å². The summed E-state index contributed by atoms with van der Waals surface area (Å²) in [4.78, 5) is 27.4. The van der Waals surface area contributed by atoms with E-state index in [0.717, 1.165) is 25.3 Å². The molecule has 2 atom stereocenters. The first-order valence-electron chi connectivity index (χ1n) is 6.81. The van der Waals surface area contributed by atoms with E-state index >= 15 is 0 Å². The Labute approximate surface area is 118 Å². The van der Waals surface area contributed by atoms with E-state index in [1.54, 1.807) is 11.8 Å². The summed E-state index contributed by atoms with van der Waals surface area (Å²) < 4.78 is 0. The quantitative estimate of drug-likeness (QED) is 0.797. The molecule has 1 N–H and O–H groups in total. The molecule has 2 unspecified atom stereocenters. The molecule has 0 radical (unpaired) electrons. The number of likely N-dealkylation sites (tertiary alicyclic amines) is 1. The van der Waals surface area contributed by atoms with Crippen molar-refractivity contribution in [3.05, 3.63) is 0 Å². The average molecular weight is 286 g/mol. The van der Waals surface area contributed by atoms with Crippen molar-refractivity contribution in [2.45, 2.75) is 31.9 Å². The van der Waals surface area contributed by atoms with Crippen LogP contribution in [0.25, 0.3) is 0 Å². The van der Waals surface area contributed by atoms with Gasteiger partial charge in [0.2, 0.25) is 0 Å². The molecule has 0 aromatic rings. The van der Waals surface area contributed by atoms with E-state index in [2.05, 4.69) is 6.92 Å². The second-order valence-electron chi connectivity index (χ2n) is 5.80. The van der Waals surface area contributed by atoms with Gasteiger partial charge in [-0.3, -0.25) is 4.79 Å². The SMILES string of the molecule is CC1CN(C(=O)N2CCCC(C)(C(=O)O)C2)CCS1. The van der Waals surface area contributed by atoms with Gasteiger partial charge in [0, 0.05) is 37.2 Å². The summed E-state index contributed by atoms with van der Waals surface area (Å²) in [7, 11) is 0. The molecule has 0 aliphatic carbocycles. The maximum Gasteiger partial charge on any atom is 0.320 e. The monoisotopic (exact) mass is 286 g/mol. The maximum absolute atomic E-state index is 12.5. The number of aliphatic carboxylic acids is 1. The molecule has 2 aliphatic heterocycles. The van der Waals surface area contributed by atoms with E-state index in [-0.39, 0.29) is 6.03 Å². The summed E-state index contributed by atoms with van der Waals surface area (Å²) in [5.74, 6) is 0.171. The Morgan fingerprint density at radius 1 is 1.32 bits per heavy atom. The Kier molecular flexibility index (Phi) is 4.28. The number of urea groups is 1. The number of rotatable bonds is 1. The van der Waals surface area contributed by atoms with Gasteiger partial charge in [0.1, 0.15) is 0 Å². The molecule has 0 aromatic heterocycles. The first kappa shape index (κ1) is 14.5. The first-order chi connectivity index (χ1) is 8.92. The van der Waals surface area contributed by atoms with E-state index < -0.39 is 11.4 Å². The molecule has 2 rings (SSSR count). The van der Waals surface area contributed by atoms with Gasteiger partial charge in [-0.25, -0.2) is 4.79 Å². The van der Waals surface area contributed by atoms with Crippen molar-refractivity contribution in [1.82, 2.24) is 9.80 Å². The number of nitrogens with zero attached hydrogens (tertiary/aromatic N) is 2. The highest BCUT2D eigenvalue weighted by Crippen LogP contribution is 2.30. The van der Waals surface area contributed by atoms with Crippen molar-refractivity contribution in [3.63, 3.8) is 0 Å². The van der Waals surface area contributed by atoms with Gasteiger partial charge in [-0.1, -0.05) is 6.92 Å². The Hall–Kier alpha value is -0.910. The van der Waals surface area contributed by atoms with Crippen LogP contribution in [0.5, 0.6) is 0 Å². The van der Waals surface area contributed by atoms with Crippen LogP contribution in [0.4, 0.5) is 4.79 Å². The third-order valence-corrected chi connectivity index (χ3v) is 5.13. The molecule has 2 aliphatic rings. The standard InChI is InChI=1S/C13H22N2O3S/c1-10-8-14(6-7-19-10)12(18)15-5-3-4-13(2,9-15)11(16)17/h10H,3-9H2,1-2H3,(H,16,17). The van der Waals surface area contributed by atoms with Crippen molar-refractivity contribution in [1.29, 1.82) is 0 Å². The molecule has 0 aromatic carbocycles. The van der Waals surface area contributed by atoms with Crippen LogP contribution in [0, 0.1) is 5.41 Å². The predicted molar refractivity (Wildman–Crippen MR) is 75.4 cm³/mol. The van der Waals surface area contributed by atoms with Crippen molar-refractivity contribution in [2.24, 2.45) is 5.41 Å². The third-order valence-electron chi connectivity index (χ3n) is 3.99. The zero-order chi connectivity index (χ0) is 14.0. The molecule has 2 amide bonds. The zero-order valence-corrected chi connectivity index (χ0v) is 12.4. The Morgan fingerprint density at radius 2 is 2.05 bits per heavy atom. The molecular formula is C13H22N2O3S. The van der Waals surface area contributed by atoms with Gasteiger partial charge >= 0.3 is 12.0 Å². The lowest BCUT2D eigenvalue weighted by Gasteiger charge is -2.41. The lowest BCUT2D eigenvalue weighted by Crippen LogP contribution is -2.54. The van der Waals surface area contributed by atoms with Gasteiger partial charge < -0.3 is 14.9 Å². The van der Waals surface area contributed by atoms with Gasteiger partial charge in [-0.2, -0.15) is 11.8 Å². The summed E-state index contributed by atoms with van der Waals surface area (Å²) in [5.41, 5.74) is -0.788. The molecule has 0 spiro atoms. The molecule has 2 heterocycles. The van der Waals surface area contributed by atoms with Crippen LogP contribution in [0.2, 0.25) is 0 Å². The normalized spacial score (nSPS) is 32.2. The number of hydrogen-bond donors (Lipinski definition) is 1. The van der Waals surface area contributed by atoms with Gasteiger partial charge in [0.25, 0.3) is 0 Å². The molecule has 19 heavy (non-hydrogen) atoms. The number of thioether (sulfide) groups is 1. The minimum Gasteiger partial charge on any atom is -0.481 e. The van der Waals surface area contributed by atoms with Crippen molar-refractivity contribution >= 4 is 23.8 Å². The number of hydrogen-bond acceptors (Lipinski definition) is 3. The number of piperidine rings is 1. The minimum absolute atomic E-state index is 0.0133. The fourth-order valence-electron chi connectivity index (χ4n) is 2.77. The van der Waals surface area contributed by atoms with Gasteiger partial charge in [-0.05, 0) is 19.8 Å². The highest BCUT2D eigenvalue weighted by molar-refractivity contribution is 7.99. The van der Waals surface area contributed by atoms with Crippen molar-refractivity contribution in [3.8, 4) is 0 Å². The van der Waals surface area contributed by atoms with Crippen LogP contribution in [0.15, 0.2) is 0 Å². The summed E-state index contributed by atoms with van der Waals surface area (Å²) in [6, 6.07) is 0.0133. The highest BCUT2D eigenvalue weighted by Gasteiger charge is 2.40. The van der Waals surface area contributed by atoms with Gasteiger partial charge in [0.05, 0.1) is 5.41 Å².